The lowest BCUT2D eigenvalue weighted by atomic mass is 9.93. The highest BCUT2D eigenvalue weighted by atomic mass is 16.3. The second kappa shape index (κ2) is 8.03. The second-order valence-electron chi connectivity index (χ2n) is 6.01. The maximum absolute atomic E-state index is 12.5. The van der Waals surface area contributed by atoms with Crippen molar-refractivity contribution in [3.63, 3.8) is 0 Å². The van der Waals surface area contributed by atoms with Crippen molar-refractivity contribution in [2.45, 2.75) is 57.7 Å². The summed E-state index contributed by atoms with van der Waals surface area (Å²) in [4.78, 5) is 14.2. The van der Waals surface area contributed by atoms with Crippen molar-refractivity contribution in [2.24, 2.45) is 0 Å². The van der Waals surface area contributed by atoms with Crippen molar-refractivity contribution < 1.29 is 15.0 Å². The molecule has 0 spiro atoms. The van der Waals surface area contributed by atoms with Crippen LogP contribution in [0.1, 0.15) is 44.6 Å². The Balaban J connectivity index is 1.95. The minimum Gasteiger partial charge on any atom is -0.508 e. The maximum Gasteiger partial charge on any atom is 0.317 e. The Bertz CT molecular complexity index is 485. The molecule has 1 fully saturated rings. The molecule has 0 aromatic heterocycles. The van der Waals surface area contributed by atoms with Crippen LogP contribution in [0.3, 0.4) is 0 Å². The SMILES string of the molecule is CCCN(Cc1ccccc1O)C(=O)NC1CCC(O)CC1. The Hall–Kier alpha value is -1.75. The molecular weight excluding hydrogens is 280 g/mol. The average molecular weight is 306 g/mol. The molecule has 3 N–H and O–H groups in total. The molecule has 1 aliphatic carbocycles. The fourth-order valence-electron chi connectivity index (χ4n) is 2.86. The number of carbonyl (C=O) groups is 1. The predicted octanol–water partition coefficient (Wildman–Crippen LogP) is 2.62. The van der Waals surface area contributed by atoms with E-state index in [0.29, 0.717) is 13.1 Å². The Morgan fingerprint density at radius 2 is 1.95 bits per heavy atom. The van der Waals surface area contributed by atoms with Crippen LogP contribution in [0.15, 0.2) is 24.3 Å². The number of hydrogen-bond acceptors (Lipinski definition) is 3. The molecule has 0 atom stereocenters. The number of nitrogens with one attached hydrogen (secondary N) is 1. The van der Waals surface area contributed by atoms with E-state index in [1.807, 2.05) is 19.1 Å². The standard InChI is InChI=1S/C17H26N2O3/c1-2-11-19(12-13-5-3-4-6-16(13)21)17(22)18-14-7-9-15(20)10-8-14/h3-6,14-15,20-21H,2,7-12H2,1H3,(H,18,22). The monoisotopic (exact) mass is 306 g/mol. The zero-order valence-electron chi connectivity index (χ0n) is 13.2. The van der Waals surface area contributed by atoms with Crippen LogP contribution < -0.4 is 5.32 Å². The molecule has 0 saturated heterocycles. The summed E-state index contributed by atoms with van der Waals surface area (Å²) in [6, 6.07) is 7.16. The number of aliphatic hydroxyl groups is 1. The lowest BCUT2D eigenvalue weighted by Crippen LogP contribution is -2.46. The van der Waals surface area contributed by atoms with Gasteiger partial charge in [0.25, 0.3) is 0 Å². The maximum atomic E-state index is 12.5. The largest absolute Gasteiger partial charge is 0.508 e. The molecule has 5 heteroatoms. The van der Waals surface area contributed by atoms with Crippen LogP contribution in [0, 0.1) is 0 Å². The number of carbonyl (C=O) groups excluding carboxylic acids is 1. The highest BCUT2D eigenvalue weighted by Gasteiger charge is 2.23. The van der Waals surface area contributed by atoms with Crippen molar-refractivity contribution in [1.82, 2.24) is 10.2 Å². The molecule has 22 heavy (non-hydrogen) atoms. The third-order valence-electron chi connectivity index (χ3n) is 4.16. The van der Waals surface area contributed by atoms with E-state index in [1.165, 1.54) is 0 Å². The molecule has 5 nitrogen and oxygen atoms in total. The fourth-order valence-corrected chi connectivity index (χ4v) is 2.86. The number of phenolic OH excluding ortho intramolecular Hbond substituents is 1. The van der Waals surface area contributed by atoms with E-state index in [1.54, 1.807) is 17.0 Å². The summed E-state index contributed by atoms with van der Waals surface area (Å²) in [5.74, 6) is 0.220. The van der Waals surface area contributed by atoms with Gasteiger partial charge < -0.3 is 20.4 Å². The molecule has 0 unspecified atom stereocenters. The Morgan fingerprint density at radius 1 is 1.27 bits per heavy atom. The molecule has 0 heterocycles. The first kappa shape index (κ1) is 16.6. The van der Waals surface area contributed by atoms with Crippen LogP contribution in [-0.2, 0) is 6.54 Å². The smallest absolute Gasteiger partial charge is 0.317 e. The predicted molar refractivity (Wildman–Crippen MR) is 85.6 cm³/mol. The number of para-hydroxylation sites is 1. The minimum atomic E-state index is -0.221. The Labute approximate surface area is 131 Å². The van der Waals surface area contributed by atoms with E-state index in [2.05, 4.69) is 5.32 Å². The highest BCUT2D eigenvalue weighted by Crippen LogP contribution is 2.20. The van der Waals surface area contributed by atoms with Crippen LogP contribution >= 0.6 is 0 Å². The quantitative estimate of drug-likeness (QED) is 0.783. The van der Waals surface area contributed by atoms with E-state index >= 15 is 0 Å². The van der Waals surface area contributed by atoms with E-state index in [-0.39, 0.29) is 23.9 Å². The first-order valence-corrected chi connectivity index (χ1v) is 8.10. The number of rotatable bonds is 5. The van der Waals surface area contributed by atoms with Crippen molar-refractivity contribution in [3.05, 3.63) is 29.8 Å². The molecule has 2 amide bonds. The van der Waals surface area contributed by atoms with Crippen molar-refractivity contribution >= 4 is 6.03 Å². The number of hydrogen-bond donors (Lipinski definition) is 3. The topological polar surface area (TPSA) is 72.8 Å². The van der Waals surface area contributed by atoms with Crippen LogP contribution in [-0.4, -0.2) is 39.8 Å². The van der Waals surface area contributed by atoms with Gasteiger partial charge in [0.05, 0.1) is 12.6 Å². The normalized spacial score (nSPS) is 21.4. The number of amides is 2. The molecule has 1 saturated carbocycles. The summed E-state index contributed by atoms with van der Waals surface area (Å²) in [6.07, 6.45) is 3.79. The van der Waals surface area contributed by atoms with E-state index in [9.17, 15) is 15.0 Å². The van der Waals surface area contributed by atoms with Gasteiger partial charge in [-0.1, -0.05) is 25.1 Å². The summed E-state index contributed by atoms with van der Waals surface area (Å²) in [5, 5.41) is 22.5. The van der Waals surface area contributed by atoms with Crippen LogP contribution in [0.4, 0.5) is 4.79 Å². The number of aromatic hydroxyl groups is 1. The molecule has 0 aliphatic heterocycles. The van der Waals surface area contributed by atoms with Gasteiger partial charge in [0, 0.05) is 18.2 Å². The molecular formula is C17H26N2O3. The molecule has 122 valence electrons. The third kappa shape index (κ3) is 4.63. The van der Waals surface area contributed by atoms with Gasteiger partial charge in [0.15, 0.2) is 0 Å². The third-order valence-corrected chi connectivity index (χ3v) is 4.16. The summed E-state index contributed by atoms with van der Waals surface area (Å²) < 4.78 is 0. The summed E-state index contributed by atoms with van der Waals surface area (Å²) in [5.41, 5.74) is 0.755. The summed E-state index contributed by atoms with van der Waals surface area (Å²) in [7, 11) is 0. The van der Waals surface area contributed by atoms with E-state index in [0.717, 1.165) is 37.7 Å². The van der Waals surface area contributed by atoms with Crippen LogP contribution in [0.2, 0.25) is 0 Å². The van der Waals surface area contributed by atoms with Gasteiger partial charge in [-0.05, 0) is 38.2 Å². The molecule has 1 aromatic rings. The number of phenols is 1. The highest BCUT2D eigenvalue weighted by molar-refractivity contribution is 5.74. The van der Waals surface area contributed by atoms with Crippen LogP contribution in [0.25, 0.3) is 0 Å². The van der Waals surface area contributed by atoms with E-state index in [4.69, 9.17) is 0 Å². The van der Waals surface area contributed by atoms with Gasteiger partial charge in [-0.25, -0.2) is 4.79 Å². The van der Waals surface area contributed by atoms with Gasteiger partial charge in [-0.15, -0.1) is 0 Å². The number of nitrogens with zero attached hydrogens (tertiary/aromatic N) is 1. The number of urea groups is 1. The van der Waals surface area contributed by atoms with Gasteiger partial charge in [-0.2, -0.15) is 0 Å². The first-order valence-electron chi connectivity index (χ1n) is 8.10. The molecule has 2 rings (SSSR count). The molecule has 1 aromatic carbocycles. The lowest BCUT2D eigenvalue weighted by molar-refractivity contribution is 0.115. The van der Waals surface area contributed by atoms with Gasteiger partial charge in [0.2, 0.25) is 0 Å². The van der Waals surface area contributed by atoms with Gasteiger partial charge in [-0.3, -0.25) is 0 Å². The molecule has 1 aliphatic rings. The summed E-state index contributed by atoms with van der Waals surface area (Å²) in [6.45, 7) is 3.08. The zero-order chi connectivity index (χ0) is 15.9. The second-order valence-corrected chi connectivity index (χ2v) is 6.01. The van der Waals surface area contributed by atoms with Crippen LogP contribution in [0.5, 0.6) is 5.75 Å². The summed E-state index contributed by atoms with van der Waals surface area (Å²) >= 11 is 0. The zero-order valence-corrected chi connectivity index (χ0v) is 13.2. The Kier molecular flexibility index (Phi) is 6.07. The first-order chi connectivity index (χ1) is 10.6. The van der Waals surface area contributed by atoms with E-state index < -0.39 is 0 Å². The van der Waals surface area contributed by atoms with Crippen molar-refractivity contribution in [1.29, 1.82) is 0 Å². The molecule has 0 radical (unpaired) electrons. The Morgan fingerprint density at radius 3 is 2.59 bits per heavy atom. The lowest BCUT2D eigenvalue weighted by Gasteiger charge is -2.30. The van der Waals surface area contributed by atoms with Gasteiger partial charge >= 0.3 is 6.03 Å². The number of aliphatic hydroxyl groups excluding tert-OH is 1. The minimum absolute atomic E-state index is 0.0912. The fraction of sp³-hybridized carbons (Fsp3) is 0.588. The van der Waals surface area contributed by atoms with Crippen molar-refractivity contribution in [3.8, 4) is 5.75 Å². The number of benzene rings is 1. The van der Waals surface area contributed by atoms with Crippen molar-refractivity contribution in [2.75, 3.05) is 6.54 Å². The molecule has 0 bridgehead atoms. The van der Waals surface area contributed by atoms with Gasteiger partial charge in [0.1, 0.15) is 5.75 Å². The average Bonchev–Trinajstić information content (AvgIpc) is 2.51.